The molecule has 0 rings (SSSR count). The van der Waals surface area contributed by atoms with Crippen LogP contribution >= 0.6 is 0 Å². The van der Waals surface area contributed by atoms with Gasteiger partial charge in [0.1, 0.15) is 0 Å². The van der Waals surface area contributed by atoms with Gasteiger partial charge in [-0.1, -0.05) is 19.8 Å². The van der Waals surface area contributed by atoms with Crippen molar-refractivity contribution in [3.63, 3.8) is 0 Å². The van der Waals surface area contributed by atoms with E-state index in [1.165, 1.54) is 0 Å². The van der Waals surface area contributed by atoms with Crippen LogP contribution in [0.3, 0.4) is 0 Å². The van der Waals surface area contributed by atoms with E-state index in [2.05, 4.69) is 20.8 Å². The predicted octanol–water partition coefficient (Wildman–Crippen LogP) is 2.74. The monoisotopic (exact) mass is 507 g/mol. The summed E-state index contributed by atoms with van der Waals surface area (Å²) in [6.07, 6.45) is -0.500. The summed E-state index contributed by atoms with van der Waals surface area (Å²) in [6.45, 7) is 19.5. The summed E-state index contributed by atoms with van der Waals surface area (Å²) in [4.78, 5) is 0. The molecule has 0 aliphatic heterocycles. The SMILES string of the molecule is CC(C)O.CC(C)O.CC(C)O.[CH2-]CO.[CH2-]CO.[CH2-]CO.[NH2-].[NH2-].[NH2-].[Ti+2].[Ti+2].[Ti+2]. The molecular formula is C15H45N3O6Ti3. The van der Waals surface area contributed by atoms with E-state index in [1.54, 1.807) is 41.5 Å². The Hall–Kier alpha value is 1.78. The van der Waals surface area contributed by atoms with E-state index >= 15 is 0 Å². The van der Waals surface area contributed by atoms with Gasteiger partial charge in [0.15, 0.2) is 0 Å². The molecule has 0 atom stereocenters. The molecular weight excluding hydrogens is 462 g/mol. The molecule has 0 radical (unpaired) electrons. The average Bonchev–Trinajstić information content (AvgIpc) is 2.16. The third-order valence-electron chi connectivity index (χ3n) is 0. The van der Waals surface area contributed by atoms with Gasteiger partial charge in [0.05, 0.1) is 0 Å². The third-order valence-corrected chi connectivity index (χ3v) is 0. The third kappa shape index (κ3) is 5810. The Labute approximate surface area is 213 Å². The van der Waals surface area contributed by atoms with Gasteiger partial charge in [0.25, 0.3) is 0 Å². The Morgan fingerprint density at radius 1 is 0.481 bits per heavy atom. The molecule has 0 aromatic heterocycles. The Morgan fingerprint density at radius 2 is 0.481 bits per heavy atom. The second-order valence-electron chi connectivity index (χ2n) is 3.95. The quantitative estimate of drug-likeness (QED) is 0.214. The van der Waals surface area contributed by atoms with E-state index in [0.717, 1.165) is 0 Å². The Bertz CT molecular complexity index is 97.5. The zero-order chi connectivity index (χ0) is 18.9. The van der Waals surface area contributed by atoms with E-state index in [-0.39, 0.29) is 122 Å². The van der Waals surface area contributed by atoms with Gasteiger partial charge in [-0.25, -0.2) is 0 Å². The van der Waals surface area contributed by atoms with Gasteiger partial charge >= 0.3 is 65.2 Å². The van der Waals surface area contributed by atoms with E-state index < -0.39 is 0 Å². The summed E-state index contributed by atoms with van der Waals surface area (Å²) in [5.41, 5.74) is 0. The van der Waals surface area contributed by atoms with Crippen LogP contribution in [0, 0.1) is 20.8 Å². The molecule has 9 nitrogen and oxygen atoms in total. The minimum Gasteiger partial charge on any atom is -0.693 e. The van der Waals surface area contributed by atoms with Gasteiger partial charge in [0, 0.05) is 18.3 Å². The van der Waals surface area contributed by atoms with Crippen molar-refractivity contribution in [3.8, 4) is 0 Å². The molecule has 0 unspecified atom stereocenters. The van der Waals surface area contributed by atoms with Gasteiger partial charge in [-0.05, 0) is 41.5 Å². The van der Waals surface area contributed by atoms with Gasteiger partial charge < -0.3 is 69.9 Å². The molecule has 168 valence electrons. The summed E-state index contributed by atoms with van der Waals surface area (Å²) >= 11 is 0. The van der Waals surface area contributed by atoms with Crippen LogP contribution in [0.25, 0.3) is 18.5 Å². The van der Waals surface area contributed by atoms with Crippen LogP contribution in [0.5, 0.6) is 0 Å². The molecule has 0 aromatic rings. The van der Waals surface area contributed by atoms with Crippen molar-refractivity contribution in [3.05, 3.63) is 39.2 Å². The number of hydrogen-bond acceptors (Lipinski definition) is 6. The van der Waals surface area contributed by atoms with Crippen LogP contribution in [-0.2, 0) is 65.2 Å². The fourth-order valence-corrected chi connectivity index (χ4v) is 0. The van der Waals surface area contributed by atoms with Crippen molar-refractivity contribution >= 4 is 0 Å². The smallest absolute Gasteiger partial charge is 0.693 e. The van der Waals surface area contributed by atoms with E-state index in [4.69, 9.17) is 30.6 Å². The molecule has 0 aliphatic carbocycles. The maximum Gasteiger partial charge on any atom is 2.00 e. The van der Waals surface area contributed by atoms with E-state index in [1.807, 2.05) is 0 Å². The maximum atomic E-state index is 8.06. The van der Waals surface area contributed by atoms with Crippen LogP contribution < -0.4 is 0 Å². The molecule has 0 fully saturated rings. The first kappa shape index (κ1) is 78.9. The van der Waals surface area contributed by atoms with Crippen molar-refractivity contribution < 1.29 is 95.8 Å². The van der Waals surface area contributed by atoms with Gasteiger partial charge in [0.2, 0.25) is 0 Å². The molecule has 0 bridgehead atoms. The Morgan fingerprint density at radius 3 is 0.481 bits per heavy atom. The molecule has 27 heavy (non-hydrogen) atoms. The molecule has 12 heteroatoms. The normalized spacial score (nSPS) is 6.00. The van der Waals surface area contributed by atoms with Crippen molar-refractivity contribution in [1.82, 2.24) is 0 Å². The largest absolute Gasteiger partial charge is 2.00 e. The zero-order valence-corrected chi connectivity index (χ0v) is 22.6. The van der Waals surface area contributed by atoms with E-state index in [0.29, 0.717) is 0 Å². The van der Waals surface area contributed by atoms with Gasteiger partial charge in [-0.2, -0.15) is 0 Å². The number of aliphatic hydroxyl groups excluding tert-OH is 6. The second-order valence-corrected chi connectivity index (χ2v) is 3.95. The summed E-state index contributed by atoms with van der Waals surface area (Å²) in [7, 11) is 0. The van der Waals surface area contributed by atoms with Crippen LogP contribution in [0.4, 0.5) is 0 Å². The predicted molar refractivity (Wildman–Crippen MR) is 105 cm³/mol. The van der Waals surface area contributed by atoms with Gasteiger partial charge in [-0.3, -0.25) is 0 Å². The first-order chi connectivity index (χ1) is 9.44. The summed E-state index contributed by atoms with van der Waals surface area (Å²) < 4.78 is 0. The Kier molecular flexibility index (Phi) is 306. The van der Waals surface area contributed by atoms with Crippen LogP contribution in [-0.4, -0.2) is 68.8 Å². The minimum atomic E-state index is -0.167. The fourth-order valence-electron chi connectivity index (χ4n) is 0. The number of nitrogens with two attached hydrogens (primary N) is 3. The van der Waals surface area contributed by atoms with Crippen LogP contribution in [0.2, 0.25) is 0 Å². The van der Waals surface area contributed by atoms with Gasteiger partial charge in [-0.15, -0.1) is 0 Å². The standard InChI is InChI=1S/3C3H8O.3C2H5O.3H2N.3Ti/c3*1-3(2)4;3*1-2-3;;;;;;/h3*3-4H,1-2H3;3*3H,1-2H2;3*1H2;;;/q;;;6*-1;3*+2. The van der Waals surface area contributed by atoms with E-state index in [9.17, 15) is 0 Å². The van der Waals surface area contributed by atoms with Crippen LogP contribution in [0.15, 0.2) is 0 Å². The number of hydrogen-bond donors (Lipinski definition) is 6. The van der Waals surface area contributed by atoms with Crippen molar-refractivity contribution in [1.29, 1.82) is 0 Å². The molecule has 0 heterocycles. The first-order valence-electron chi connectivity index (χ1n) is 6.69. The summed E-state index contributed by atoms with van der Waals surface area (Å²) in [5.74, 6) is 0. The zero-order valence-electron chi connectivity index (χ0n) is 17.9. The average molecular weight is 507 g/mol. The minimum absolute atomic E-state index is 0. The van der Waals surface area contributed by atoms with Crippen molar-refractivity contribution in [2.24, 2.45) is 0 Å². The molecule has 0 saturated carbocycles. The van der Waals surface area contributed by atoms with Crippen molar-refractivity contribution in [2.45, 2.75) is 59.9 Å². The second kappa shape index (κ2) is 105. The molecule has 0 saturated heterocycles. The molecule has 12 N–H and O–H groups in total. The summed E-state index contributed by atoms with van der Waals surface area (Å²) in [5, 5.41) is 46.5. The molecule has 0 aromatic carbocycles. The Balaban J connectivity index is -0.00000000962. The fraction of sp³-hybridized carbons (Fsp3) is 0.800. The maximum absolute atomic E-state index is 8.06. The first-order valence-corrected chi connectivity index (χ1v) is 6.69. The molecule has 0 spiro atoms. The topological polar surface area (TPSA) is 222 Å². The van der Waals surface area contributed by atoms with Crippen LogP contribution in [0.1, 0.15) is 41.5 Å². The van der Waals surface area contributed by atoms with Crippen molar-refractivity contribution in [2.75, 3.05) is 19.8 Å². The molecule has 0 amide bonds. The summed E-state index contributed by atoms with van der Waals surface area (Å²) in [6, 6.07) is 0. The number of rotatable bonds is 0. The molecule has 0 aliphatic rings. The number of aliphatic hydroxyl groups is 6.